The van der Waals surface area contributed by atoms with Crippen molar-refractivity contribution in [3.05, 3.63) is 0 Å². The van der Waals surface area contributed by atoms with Crippen molar-refractivity contribution in [2.45, 2.75) is 45.6 Å². The van der Waals surface area contributed by atoms with Gasteiger partial charge in [0.25, 0.3) is 0 Å². The first-order valence-corrected chi connectivity index (χ1v) is 6.01. The maximum absolute atomic E-state index is 12.0. The molecule has 3 nitrogen and oxygen atoms in total. The minimum absolute atomic E-state index is 0.192. The van der Waals surface area contributed by atoms with E-state index in [1.165, 1.54) is 0 Å². The monoisotopic (exact) mass is 212 g/mol. The average molecular weight is 212 g/mol. The zero-order valence-electron chi connectivity index (χ0n) is 10.2. The van der Waals surface area contributed by atoms with Crippen LogP contribution in [0.5, 0.6) is 0 Å². The van der Waals surface area contributed by atoms with Crippen molar-refractivity contribution < 1.29 is 4.79 Å². The minimum atomic E-state index is 0.192. The van der Waals surface area contributed by atoms with Crippen LogP contribution >= 0.6 is 0 Å². The van der Waals surface area contributed by atoms with E-state index >= 15 is 0 Å². The predicted octanol–water partition coefficient (Wildman–Crippen LogP) is 1.62. The van der Waals surface area contributed by atoms with E-state index in [-0.39, 0.29) is 12.0 Å². The van der Waals surface area contributed by atoms with E-state index in [4.69, 9.17) is 5.73 Å². The molecule has 1 saturated carbocycles. The molecule has 1 aliphatic carbocycles. The van der Waals surface area contributed by atoms with Crippen molar-refractivity contribution >= 4 is 5.91 Å². The summed E-state index contributed by atoms with van der Waals surface area (Å²) in [5.74, 6) is 1.15. The van der Waals surface area contributed by atoms with Crippen LogP contribution < -0.4 is 5.73 Å². The fourth-order valence-corrected chi connectivity index (χ4v) is 2.11. The van der Waals surface area contributed by atoms with Crippen LogP contribution in [0.1, 0.15) is 39.5 Å². The van der Waals surface area contributed by atoms with Crippen LogP contribution in [0.4, 0.5) is 0 Å². The molecule has 0 aromatic rings. The maximum Gasteiger partial charge on any atom is 0.225 e. The Hall–Kier alpha value is -0.570. The van der Waals surface area contributed by atoms with Gasteiger partial charge in [0.05, 0.1) is 0 Å². The van der Waals surface area contributed by atoms with E-state index in [2.05, 4.69) is 13.8 Å². The Labute approximate surface area is 93.0 Å². The predicted molar refractivity (Wildman–Crippen MR) is 62.4 cm³/mol. The van der Waals surface area contributed by atoms with Gasteiger partial charge in [0.2, 0.25) is 5.91 Å². The molecule has 3 heteroatoms. The van der Waals surface area contributed by atoms with Crippen LogP contribution in [0.3, 0.4) is 0 Å². The van der Waals surface area contributed by atoms with Crippen LogP contribution in [-0.2, 0) is 4.79 Å². The van der Waals surface area contributed by atoms with Gasteiger partial charge in [-0.25, -0.2) is 0 Å². The van der Waals surface area contributed by atoms with Gasteiger partial charge in [-0.2, -0.15) is 0 Å². The lowest BCUT2D eigenvalue weighted by molar-refractivity contribution is -0.134. The smallest absolute Gasteiger partial charge is 0.225 e. The molecule has 2 atom stereocenters. The molecule has 0 aromatic carbocycles. The molecule has 15 heavy (non-hydrogen) atoms. The molecule has 88 valence electrons. The highest BCUT2D eigenvalue weighted by atomic mass is 16.2. The summed E-state index contributed by atoms with van der Waals surface area (Å²) >= 11 is 0. The second-order valence-corrected chi connectivity index (χ2v) is 5.21. The summed E-state index contributed by atoms with van der Waals surface area (Å²) in [6.45, 7) is 5.25. The van der Waals surface area contributed by atoms with Gasteiger partial charge >= 0.3 is 0 Å². The Bertz CT molecular complexity index is 216. The Morgan fingerprint density at radius 3 is 2.60 bits per heavy atom. The molecule has 1 rings (SSSR count). The molecular weight excluding hydrogens is 188 g/mol. The summed E-state index contributed by atoms with van der Waals surface area (Å²) < 4.78 is 0. The first-order valence-electron chi connectivity index (χ1n) is 6.01. The lowest BCUT2D eigenvalue weighted by Gasteiger charge is -2.21. The Kier molecular flexibility index (Phi) is 4.58. The lowest BCUT2D eigenvalue weighted by atomic mass is 10.1. The zero-order valence-corrected chi connectivity index (χ0v) is 10.2. The highest BCUT2D eigenvalue weighted by Gasteiger charge is 2.29. The summed E-state index contributed by atoms with van der Waals surface area (Å²) in [6, 6.07) is 0.248. The topological polar surface area (TPSA) is 46.3 Å². The summed E-state index contributed by atoms with van der Waals surface area (Å²) in [6.07, 6.45) is 3.95. The minimum Gasteiger partial charge on any atom is -0.346 e. The largest absolute Gasteiger partial charge is 0.346 e. The molecular formula is C12H24N2O. The van der Waals surface area contributed by atoms with Gasteiger partial charge in [-0.3, -0.25) is 4.79 Å². The summed E-state index contributed by atoms with van der Waals surface area (Å²) in [4.78, 5) is 13.9. The number of carbonyl (C=O) groups excluding carboxylic acids is 1. The van der Waals surface area contributed by atoms with Gasteiger partial charge < -0.3 is 10.6 Å². The fourth-order valence-electron chi connectivity index (χ4n) is 2.11. The van der Waals surface area contributed by atoms with Crippen LogP contribution in [0.25, 0.3) is 0 Å². The number of carbonyl (C=O) groups is 1. The highest BCUT2D eigenvalue weighted by molar-refractivity contribution is 5.78. The fraction of sp³-hybridized carbons (Fsp3) is 0.917. The number of nitrogens with two attached hydrogens (primary N) is 1. The van der Waals surface area contributed by atoms with Gasteiger partial charge in [0.1, 0.15) is 0 Å². The van der Waals surface area contributed by atoms with Crippen LogP contribution in [0.15, 0.2) is 0 Å². The van der Waals surface area contributed by atoms with E-state index in [1.54, 1.807) is 0 Å². The molecule has 2 N–H and O–H groups in total. The van der Waals surface area contributed by atoms with Crippen molar-refractivity contribution in [1.29, 1.82) is 0 Å². The molecule has 0 saturated heterocycles. The molecule has 0 radical (unpaired) electrons. The molecule has 0 bridgehead atoms. The number of amides is 1. The molecule has 0 spiro atoms. The lowest BCUT2D eigenvalue weighted by Crippen LogP contribution is -2.33. The number of hydrogen-bond donors (Lipinski definition) is 1. The van der Waals surface area contributed by atoms with Crippen molar-refractivity contribution in [2.24, 2.45) is 17.6 Å². The zero-order chi connectivity index (χ0) is 11.4. The van der Waals surface area contributed by atoms with E-state index in [0.29, 0.717) is 11.8 Å². The highest BCUT2D eigenvalue weighted by Crippen LogP contribution is 2.25. The molecule has 1 amide bonds. The molecule has 1 fully saturated rings. The van der Waals surface area contributed by atoms with Crippen molar-refractivity contribution in [2.75, 3.05) is 13.6 Å². The van der Waals surface area contributed by atoms with Gasteiger partial charge in [-0.05, 0) is 31.6 Å². The molecule has 2 unspecified atom stereocenters. The van der Waals surface area contributed by atoms with E-state index in [9.17, 15) is 4.79 Å². The van der Waals surface area contributed by atoms with Crippen LogP contribution in [-0.4, -0.2) is 30.4 Å². The summed E-state index contributed by atoms with van der Waals surface area (Å²) in [7, 11) is 1.91. The molecule has 0 heterocycles. The van der Waals surface area contributed by atoms with E-state index < -0.39 is 0 Å². The van der Waals surface area contributed by atoms with Crippen molar-refractivity contribution in [3.8, 4) is 0 Å². The molecule has 0 aromatic heterocycles. The third-order valence-electron chi connectivity index (χ3n) is 3.24. The SMILES string of the molecule is CC(C)CCN(C)C(=O)C1CCC(N)C1. The molecule has 1 aliphatic rings. The van der Waals surface area contributed by atoms with E-state index in [1.807, 2.05) is 11.9 Å². The summed E-state index contributed by atoms with van der Waals surface area (Å²) in [5.41, 5.74) is 5.81. The van der Waals surface area contributed by atoms with E-state index in [0.717, 1.165) is 32.2 Å². The standard InChI is InChI=1S/C12H24N2O/c1-9(2)6-7-14(3)12(15)10-4-5-11(13)8-10/h9-11H,4-8,13H2,1-3H3. The van der Waals surface area contributed by atoms with Crippen molar-refractivity contribution in [3.63, 3.8) is 0 Å². The maximum atomic E-state index is 12.0. The first-order chi connectivity index (χ1) is 7.00. The van der Waals surface area contributed by atoms with Crippen molar-refractivity contribution in [1.82, 2.24) is 4.90 Å². The molecule has 0 aliphatic heterocycles. The second kappa shape index (κ2) is 5.50. The quantitative estimate of drug-likeness (QED) is 0.769. The Balaban J connectivity index is 2.32. The normalized spacial score (nSPS) is 25.9. The Morgan fingerprint density at radius 2 is 2.13 bits per heavy atom. The van der Waals surface area contributed by atoms with Crippen LogP contribution in [0, 0.1) is 11.8 Å². The van der Waals surface area contributed by atoms with Gasteiger partial charge in [-0.15, -0.1) is 0 Å². The van der Waals surface area contributed by atoms with Gasteiger partial charge in [-0.1, -0.05) is 13.8 Å². The third kappa shape index (κ3) is 3.82. The number of hydrogen-bond acceptors (Lipinski definition) is 2. The average Bonchev–Trinajstić information content (AvgIpc) is 2.60. The summed E-state index contributed by atoms with van der Waals surface area (Å²) in [5, 5.41) is 0. The van der Waals surface area contributed by atoms with Gasteiger partial charge in [0, 0.05) is 25.6 Å². The third-order valence-corrected chi connectivity index (χ3v) is 3.24. The Morgan fingerprint density at radius 1 is 1.47 bits per heavy atom. The van der Waals surface area contributed by atoms with Gasteiger partial charge in [0.15, 0.2) is 0 Å². The van der Waals surface area contributed by atoms with Crippen LogP contribution in [0.2, 0.25) is 0 Å². The second-order valence-electron chi connectivity index (χ2n) is 5.21. The number of rotatable bonds is 4. The first kappa shape index (κ1) is 12.5. The number of nitrogens with zero attached hydrogens (tertiary/aromatic N) is 1.